The van der Waals surface area contributed by atoms with E-state index in [1.807, 2.05) is 29.2 Å². The number of alkyl halides is 3. The van der Waals surface area contributed by atoms with E-state index in [-0.39, 0.29) is 11.1 Å². The molecule has 0 fully saturated rings. The third-order valence-corrected chi connectivity index (χ3v) is 5.41. The molecule has 1 amide bonds. The SMILES string of the molecule is CC(C)n1c(C(F)(F)F)nc2cc(C(=O)NC3=Nc4ccccc4C4=NCCN34)ccc21. The number of amidine groups is 1. The number of hydrogen-bond donors (Lipinski definition) is 1. The minimum absolute atomic E-state index is 0.109. The fourth-order valence-electron chi connectivity index (χ4n) is 4.05. The van der Waals surface area contributed by atoms with Crippen LogP contribution < -0.4 is 5.32 Å². The number of benzene rings is 2. The molecule has 1 aromatic heterocycles. The van der Waals surface area contributed by atoms with E-state index in [2.05, 4.69) is 20.3 Å². The number of carbonyl (C=O) groups excluding carboxylic acids is 1. The first-order valence-electron chi connectivity index (χ1n) is 10.1. The summed E-state index contributed by atoms with van der Waals surface area (Å²) in [5, 5.41) is 2.79. The lowest BCUT2D eigenvalue weighted by Gasteiger charge is -2.27. The number of hydrogen-bond acceptors (Lipinski definition) is 5. The van der Waals surface area contributed by atoms with Crippen molar-refractivity contribution in [3.8, 4) is 0 Å². The molecule has 1 N–H and O–H groups in total. The smallest absolute Gasteiger partial charge is 0.318 e. The summed E-state index contributed by atoms with van der Waals surface area (Å²) in [4.78, 5) is 27.6. The average molecular weight is 440 g/mol. The van der Waals surface area contributed by atoms with E-state index in [0.717, 1.165) is 16.0 Å². The van der Waals surface area contributed by atoms with Gasteiger partial charge in [-0.25, -0.2) is 9.98 Å². The molecule has 164 valence electrons. The van der Waals surface area contributed by atoms with Crippen molar-refractivity contribution >= 4 is 34.4 Å². The Bertz CT molecular complexity index is 1300. The van der Waals surface area contributed by atoms with Gasteiger partial charge in [-0.2, -0.15) is 13.2 Å². The summed E-state index contributed by atoms with van der Waals surface area (Å²) in [5.74, 6) is -0.379. The Hall–Kier alpha value is -3.69. The minimum atomic E-state index is -4.60. The molecule has 32 heavy (non-hydrogen) atoms. The standard InChI is InChI=1S/C22H19F3N6O/c1-12(2)31-17-8-7-13(11-16(17)27-20(31)22(23,24)25)19(32)29-21-28-15-6-4-3-5-14(15)18-26-9-10-30(18)21/h3-8,11-12H,9-10H2,1-2H3,(H,28,29,32). The van der Waals surface area contributed by atoms with E-state index < -0.39 is 23.9 Å². The highest BCUT2D eigenvalue weighted by molar-refractivity contribution is 6.19. The highest BCUT2D eigenvalue weighted by atomic mass is 19.4. The lowest BCUT2D eigenvalue weighted by atomic mass is 10.1. The maximum absolute atomic E-state index is 13.5. The normalized spacial score (nSPS) is 15.5. The first-order valence-corrected chi connectivity index (χ1v) is 10.1. The molecular weight excluding hydrogens is 421 g/mol. The Kier molecular flexibility index (Phi) is 4.54. The molecule has 0 radical (unpaired) electrons. The van der Waals surface area contributed by atoms with Crippen LogP contribution in [0.3, 0.4) is 0 Å². The van der Waals surface area contributed by atoms with Gasteiger partial charge >= 0.3 is 6.18 Å². The number of amides is 1. The van der Waals surface area contributed by atoms with E-state index in [1.54, 1.807) is 13.8 Å². The quantitative estimate of drug-likeness (QED) is 0.651. The van der Waals surface area contributed by atoms with Crippen LogP contribution in [0, 0.1) is 0 Å². The van der Waals surface area contributed by atoms with Crippen LogP contribution in [0.1, 0.15) is 41.6 Å². The maximum Gasteiger partial charge on any atom is 0.449 e. The molecule has 0 saturated carbocycles. The van der Waals surface area contributed by atoms with Gasteiger partial charge < -0.3 is 4.57 Å². The first kappa shape index (κ1) is 20.2. The lowest BCUT2D eigenvalue weighted by molar-refractivity contribution is -0.147. The van der Waals surface area contributed by atoms with Gasteiger partial charge in [0.1, 0.15) is 5.84 Å². The van der Waals surface area contributed by atoms with E-state index in [9.17, 15) is 18.0 Å². The molecular formula is C22H19F3N6O. The van der Waals surface area contributed by atoms with Crippen molar-refractivity contribution in [2.75, 3.05) is 13.1 Å². The topological polar surface area (TPSA) is 74.9 Å². The number of carbonyl (C=O) groups is 1. The van der Waals surface area contributed by atoms with Gasteiger partial charge in [0.05, 0.1) is 23.3 Å². The fraction of sp³-hybridized carbons (Fsp3) is 0.273. The van der Waals surface area contributed by atoms with Crippen LogP contribution in [0.4, 0.5) is 18.9 Å². The van der Waals surface area contributed by atoms with Crippen LogP contribution in [0.5, 0.6) is 0 Å². The highest BCUT2D eigenvalue weighted by Gasteiger charge is 2.38. The zero-order valence-electron chi connectivity index (χ0n) is 17.3. The Morgan fingerprint density at radius 3 is 2.69 bits per heavy atom. The van der Waals surface area contributed by atoms with Gasteiger partial charge in [-0.3, -0.25) is 20.0 Å². The van der Waals surface area contributed by atoms with Crippen molar-refractivity contribution in [2.24, 2.45) is 9.98 Å². The van der Waals surface area contributed by atoms with Gasteiger partial charge in [0.25, 0.3) is 5.91 Å². The van der Waals surface area contributed by atoms with E-state index in [0.29, 0.717) is 30.3 Å². The minimum Gasteiger partial charge on any atom is -0.318 e. The monoisotopic (exact) mass is 440 g/mol. The predicted molar refractivity (Wildman–Crippen MR) is 114 cm³/mol. The number of nitrogens with zero attached hydrogens (tertiary/aromatic N) is 5. The summed E-state index contributed by atoms with van der Waals surface area (Å²) in [6.07, 6.45) is -4.60. The summed E-state index contributed by atoms with van der Waals surface area (Å²) >= 11 is 0. The molecule has 0 saturated heterocycles. The fourth-order valence-corrected chi connectivity index (χ4v) is 4.05. The van der Waals surface area contributed by atoms with Crippen molar-refractivity contribution in [3.05, 3.63) is 59.4 Å². The molecule has 0 atom stereocenters. The Labute approximate surface area is 181 Å². The van der Waals surface area contributed by atoms with Gasteiger partial charge in [0.2, 0.25) is 11.8 Å². The van der Waals surface area contributed by atoms with E-state index >= 15 is 0 Å². The van der Waals surface area contributed by atoms with Crippen molar-refractivity contribution in [3.63, 3.8) is 0 Å². The summed E-state index contributed by atoms with van der Waals surface area (Å²) in [6.45, 7) is 4.48. The average Bonchev–Trinajstić information content (AvgIpc) is 3.38. The molecule has 5 rings (SSSR count). The second kappa shape index (κ2) is 7.18. The van der Waals surface area contributed by atoms with Gasteiger partial charge in [-0.05, 0) is 44.2 Å². The first-order chi connectivity index (χ1) is 15.2. The summed E-state index contributed by atoms with van der Waals surface area (Å²) in [5.41, 5.74) is 2.21. The highest BCUT2D eigenvalue weighted by Crippen LogP contribution is 2.34. The number of rotatable bonds is 2. The van der Waals surface area contributed by atoms with Crippen molar-refractivity contribution in [1.82, 2.24) is 19.8 Å². The van der Waals surface area contributed by atoms with Crippen LogP contribution in [0.25, 0.3) is 11.0 Å². The number of imidazole rings is 1. The molecule has 2 aliphatic rings. The molecule has 2 aromatic carbocycles. The van der Waals surface area contributed by atoms with Gasteiger partial charge in [-0.15, -0.1) is 0 Å². The van der Waals surface area contributed by atoms with Crippen molar-refractivity contribution < 1.29 is 18.0 Å². The van der Waals surface area contributed by atoms with Gasteiger partial charge in [0, 0.05) is 23.7 Å². The van der Waals surface area contributed by atoms with Gasteiger partial charge in [0.15, 0.2) is 0 Å². The summed E-state index contributed by atoms with van der Waals surface area (Å²) in [6, 6.07) is 11.4. The Morgan fingerprint density at radius 1 is 1.16 bits per heavy atom. The van der Waals surface area contributed by atoms with E-state index in [1.165, 1.54) is 18.2 Å². The molecule has 0 bridgehead atoms. The van der Waals surface area contributed by atoms with Crippen molar-refractivity contribution in [2.45, 2.75) is 26.1 Å². The summed E-state index contributed by atoms with van der Waals surface area (Å²) in [7, 11) is 0. The largest absolute Gasteiger partial charge is 0.449 e. The van der Waals surface area contributed by atoms with Gasteiger partial charge in [-0.1, -0.05) is 12.1 Å². The van der Waals surface area contributed by atoms with Crippen molar-refractivity contribution in [1.29, 1.82) is 0 Å². The van der Waals surface area contributed by atoms with Crippen LogP contribution >= 0.6 is 0 Å². The molecule has 2 aliphatic heterocycles. The zero-order valence-corrected chi connectivity index (χ0v) is 17.3. The number of halogens is 3. The molecule has 3 heterocycles. The maximum atomic E-state index is 13.5. The van der Waals surface area contributed by atoms with Crippen LogP contribution in [-0.4, -0.2) is 45.2 Å². The number of guanidine groups is 1. The summed E-state index contributed by atoms with van der Waals surface area (Å²) < 4.78 is 41.5. The zero-order chi connectivity index (χ0) is 22.6. The Balaban J connectivity index is 1.50. The van der Waals surface area contributed by atoms with E-state index in [4.69, 9.17) is 0 Å². The van der Waals surface area contributed by atoms with Crippen LogP contribution in [0.2, 0.25) is 0 Å². The molecule has 0 unspecified atom stereocenters. The number of para-hydroxylation sites is 1. The lowest BCUT2D eigenvalue weighted by Crippen LogP contribution is -2.47. The number of aromatic nitrogens is 2. The number of nitrogens with one attached hydrogen (secondary N) is 1. The third-order valence-electron chi connectivity index (χ3n) is 5.41. The second-order valence-corrected chi connectivity index (χ2v) is 7.86. The number of aliphatic imine (C=N–C) groups is 2. The molecule has 0 spiro atoms. The second-order valence-electron chi connectivity index (χ2n) is 7.86. The molecule has 0 aliphatic carbocycles. The molecule has 7 nitrogen and oxygen atoms in total. The van der Waals surface area contributed by atoms with Crippen LogP contribution in [0.15, 0.2) is 52.4 Å². The molecule has 3 aromatic rings. The predicted octanol–water partition coefficient (Wildman–Crippen LogP) is 4.13. The van der Waals surface area contributed by atoms with Crippen LogP contribution in [-0.2, 0) is 6.18 Å². The number of fused-ring (bicyclic) bond motifs is 4. The Morgan fingerprint density at radius 2 is 1.94 bits per heavy atom. The third kappa shape index (κ3) is 3.22. The molecule has 10 heteroatoms.